The average molecular weight is 236 g/mol. The molecule has 3 rings (SSSR count). The lowest BCUT2D eigenvalue weighted by atomic mass is 10.2. The van der Waals surface area contributed by atoms with Gasteiger partial charge in [-0.25, -0.2) is 4.68 Å². The van der Waals surface area contributed by atoms with Crippen LogP contribution in [0.25, 0.3) is 11.3 Å². The summed E-state index contributed by atoms with van der Waals surface area (Å²) in [7, 11) is 0. The van der Waals surface area contributed by atoms with E-state index in [4.69, 9.17) is 4.74 Å². The van der Waals surface area contributed by atoms with E-state index in [9.17, 15) is 4.39 Å². The molecular formula is C11H13FN4O. The predicted octanol–water partition coefficient (Wildman–Crippen LogP) is 2.11. The van der Waals surface area contributed by atoms with E-state index < -0.39 is 5.95 Å². The second-order valence-electron chi connectivity index (χ2n) is 4.13. The molecule has 5 nitrogen and oxygen atoms in total. The van der Waals surface area contributed by atoms with Crippen LogP contribution in [-0.2, 0) is 4.74 Å². The van der Waals surface area contributed by atoms with E-state index in [1.807, 2.05) is 6.20 Å². The minimum absolute atomic E-state index is 0.00119. The van der Waals surface area contributed by atoms with Crippen LogP contribution in [0.4, 0.5) is 4.39 Å². The highest BCUT2D eigenvalue weighted by Crippen LogP contribution is 2.24. The van der Waals surface area contributed by atoms with Crippen molar-refractivity contribution in [3.05, 3.63) is 24.4 Å². The largest absolute Gasteiger partial charge is 0.357 e. The summed E-state index contributed by atoms with van der Waals surface area (Å²) in [5.74, 6) is -0.443. The first-order chi connectivity index (χ1) is 8.33. The van der Waals surface area contributed by atoms with Crippen LogP contribution in [-0.4, -0.2) is 26.6 Å². The van der Waals surface area contributed by atoms with Gasteiger partial charge in [-0.1, -0.05) is 0 Å². The van der Waals surface area contributed by atoms with Crippen molar-refractivity contribution in [2.75, 3.05) is 6.61 Å². The van der Waals surface area contributed by atoms with Crippen LogP contribution >= 0.6 is 0 Å². The number of hydrogen-bond donors (Lipinski definition) is 1. The van der Waals surface area contributed by atoms with Crippen LogP contribution in [0.15, 0.2) is 18.5 Å². The summed E-state index contributed by atoms with van der Waals surface area (Å²) in [5.41, 5.74) is 1.35. The Morgan fingerprint density at radius 3 is 3.12 bits per heavy atom. The van der Waals surface area contributed by atoms with Gasteiger partial charge >= 0.3 is 0 Å². The molecule has 0 aliphatic carbocycles. The highest BCUT2D eigenvalue weighted by Gasteiger charge is 2.17. The minimum Gasteiger partial charge on any atom is -0.357 e. The number of aromatic nitrogens is 4. The molecule has 17 heavy (non-hydrogen) atoms. The Bertz CT molecular complexity index is 501. The monoisotopic (exact) mass is 236 g/mol. The van der Waals surface area contributed by atoms with Crippen molar-refractivity contribution in [2.24, 2.45) is 0 Å². The van der Waals surface area contributed by atoms with Crippen LogP contribution in [0.5, 0.6) is 0 Å². The van der Waals surface area contributed by atoms with Gasteiger partial charge in [0.05, 0.1) is 11.9 Å². The maximum atomic E-state index is 12.8. The zero-order valence-electron chi connectivity index (χ0n) is 9.27. The third-order valence-corrected chi connectivity index (χ3v) is 2.89. The average Bonchev–Trinajstić information content (AvgIpc) is 2.98. The highest BCUT2D eigenvalue weighted by molar-refractivity contribution is 5.56. The second-order valence-corrected chi connectivity index (χ2v) is 4.13. The normalized spacial score (nSPS) is 20.6. The first-order valence-electron chi connectivity index (χ1n) is 5.70. The molecule has 1 fully saturated rings. The molecule has 0 amide bonds. The number of nitrogens with one attached hydrogen (secondary N) is 1. The number of aromatic amines is 1. The van der Waals surface area contributed by atoms with E-state index in [1.165, 1.54) is 6.07 Å². The second kappa shape index (κ2) is 4.29. The van der Waals surface area contributed by atoms with Crippen LogP contribution in [0, 0.1) is 5.95 Å². The molecule has 0 saturated carbocycles. The summed E-state index contributed by atoms with van der Waals surface area (Å²) in [4.78, 5) is 0. The lowest BCUT2D eigenvalue weighted by molar-refractivity contribution is -0.0394. The van der Waals surface area contributed by atoms with E-state index in [2.05, 4.69) is 15.3 Å². The summed E-state index contributed by atoms with van der Waals surface area (Å²) in [5, 5.41) is 10.4. The molecule has 6 heteroatoms. The number of halogens is 1. The van der Waals surface area contributed by atoms with Crippen molar-refractivity contribution in [3.8, 4) is 11.3 Å². The maximum Gasteiger partial charge on any atom is 0.209 e. The van der Waals surface area contributed by atoms with Crippen molar-refractivity contribution in [1.29, 1.82) is 0 Å². The van der Waals surface area contributed by atoms with E-state index >= 15 is 0 Å². The van der Waals surface area contributed by atoms with Crippen molar-refractivity contribution < 1.29 is 9.13 Å². The van der Waals surface area contributed by atoms with E-state index in [0.717, 1.165) is 31.4 Å². The van der Waals surface area contributed by atoms with E-state index in [-0.39, 0.29) is 6.23 Å². The molecular weight excluding hydrogens is 223 g/mol. The van der Waals surface area contributed by atoms with Gasteiger partial charge in [0.25, 0.3) is 0 Å². The standard InChI is InChI=1S/C11H13FN4O/c12-10-5-9(14-15-10)8-6-13-16(7-8)11-3-1-2-4-17-11/h5-7,11H,1-4H2,(H,14,15). The molecule has 90 valence electrons. The number of nitrogens with zero attached hydrogens (tertiary/aromatic N) is 3. The Morgan fingerprint density at radius 1 is 1.47 bits per heavy atom. The first kappa shape index (κ1) is 10.5. The Hall–Kier alpha value is -1.69. The summed E-state index contributed by atoms with van der Waals surface area (Å²) >= 11 is 0. The molecule has 1 N–H and O–H groups in total. The molecule has 1 aliphatic heterocycles. The van der Waals surface area contributed by atoms with Gasteiger partial charge < -0.3 is 4.74 Å². The molecule has 2 aromatic heterocycles. The van der Waals surface area contributed by atoms with Gasteiger partial charge in [0.15, 0.2) is 0 Å². The first-order valence-corrected chi connectivity index (χ1v) is 5.70. The quantitative estimate of drug-likeness (QED) is 0.868. The molecule has 0 aromatic carbocycles. The molecule has 3 heterocycles. The van der Waals surface area contributed by atoms with Crippen LogP contribution < -0.4 is 0 Å². The Morgan fingerprint density at radius 2 is 2.41 bits per heavy atom. The Labute approximate surface area is 97.6 Å². The molecule has 0 spiro atoms. The molecule has 0 radical (unpaired) electrons. The SMILES string of the molecule is Fc1cc(-c2cnn(C3CCCCO3)c2)n[nH]1. The van der Waals surface area contributed by atoms with Crippen LogP contribution in [0.3, 0.4) is 0 Å². The van der Waals surface area contributed by atoms with E-state index in [1.54, 1.807) is 10.9 Å². The van der Waals surface area contributed by atoms with Gasteiger partial charge in [0.2, 0.25) is 5.95 Å². The topological polar surface area (TPSA) is 55.7 Å². The molecule has 1 unspecified atom stereocenters. The summed E-state index contributed by atoms with van der Waals surface area (Å²) in [6, 6.07) is 1.35. The lowest BCUT2D eigenvalue weighted by Crippen LogP contribution is -2.18. The fourth-order valence-electron chi connectivity index (χ4n) is 2.01. The number of ether oxygens (including phenoxy) is 1. The van der Waals surface area contributed by atoms with Gasteiger partial charge in [-0.2, -0.15) is 14.6 Å². The van der Waals surface area contributed by atoms with Crippen molar-refractivity contribution in [1.82, 2.24) is 20.0 Å². The zero-order chi connectivity index (χ0) is 11.7. The smallest absolute Gasteiger partial charge is 0.209 e. The molecule has 2 aromatic rings. The van der Waals surface area contributed by atoms with Gasteiger partial charge in [0.1, 0.15) is 6.23 Å². The Kier molecular flexibility index (Phi) is 2.64. The molecule has 1 saturated heterocycles. The lowest BCUT2D eigenvalue weighted by Gasteiger charge is -2.22. The minimum atomic E-state index is -0.443. The number of H-pyrrole nitrogens is 1. The van der Waals surface area contributed by atoms with E-state index in [0.29, 0.717) is 5.69 Å². The van der Waals surface area contributed by atoms with Crippen molar-refractivity contribution in [2.45, 2.75) is 25.5 Å². The Balaban J connectivity index is 1.82. The number of rotatable bonds is 2. The van der Waals surface area contributed by atoms with Gasteiger partial charge in [-0.05, 0) is 19.3 Å². The van der Waals surface area contributed by atoms with Gasteiger partial charge in [-0.15, -0.1) is 0 Å². The zero-order valence-corrected chi connectivity index (χ0v) is 9.27. The third kappa shape index (κ3) is 2.08. The molecule has 0 bridgehead atoms. The molecule has 1 aliphatic rings. The van der Waals surface area contributed by atoms with Crippen LogP contribution in [0.1, 0.15) is 25.5 Å². The fraction of sp³-hybridized carbons (Fsp3) is 0.455. The summed E-state index contributed by atoms with van der Waals surface area (Å²) < 4.78 is 20.2. The van der Waals surface area contributed by atoms with Gasteiger partial charge in [0, 0.05) is 24.4 Å². The van der Waals surface area contributed by atoms with Gasteiger partial charge in [-0.3, -0.25) is 5.10 Å². The fourth-order valence-corrected chi connectivity index (χ4v) is 2.01. The molecule has 1 atom stereocenters. The maximum absolute atomic E-state index is 12.8. The highest BCUT2D eigenvalue weighted by atomic mass is 19.1. The number of hydrogen-bond acceptors (Lipinski definition) is 3. The van der Waals surface area contributed by atoms with Crippen LogP contribution in [0.2, 0.25) is 0 Å². The summed E-state index contributed by atoms with van der Waals surface area (Å²) in [6.45, 7) is 0.775. The van der Waals surface area contributed by atoms with Crippen molar-refractivity contribution in [3.63, 3.8) is 0 Å². The predicted molar refractivity (Wildman–Crippen MR) is 58.6 cm³/mol. The third-order valence-electron chi connectivity index (χ3n) is 2.89. The van der Waals surface area contributed by atoms with Crippen molar-refractivity contribution >= 4 is 0 Å². The summed E-state index contributed by atoms with van der Waals surface area (Å²) in [6.07, 6.45) is 6.74.